The number of aryl methyl sites for hydroxylation is 1. The van der Waals surface area contributed by atoms with Crippen molar-refractivity contribution < 1.29 is 4.74 Å². The maximum absolute atomic E-state index is 5.89. The summed E-state index contributed by atoms with van der Waals surface area (Å²) >= 11 is 0. The third-order valence-electron chi connectivity index (χ3n) is 3.82. The van der Waals surface area contributed by atoms with Gasteiger partial charge in [-0.2, -0.15) is 0 Å². The predicted molar refractivity (Wildman–Crippen MR) is 71.5 cm³/mol. The lowest BCUT2D eigenvalue weighted by Gasteiger charge is -2.28. The van der Waals surface area contributed by atoms with Gasteiger partial charge in [-0.05, 0) is 31.4 Å². The van der Waals surface area contributed by atoms with Crippen molar-refractivity contribution in [3.05, 3.63) is 29.3 Å². The first-order chi connectivity index (χ1) is 8.27. The number of nitrogens with one attached hydrogen (secondary N) is 1. The second kappa shape index (κ2) is 5.54. The highest BCUT2D eigenvalue weighted by Crippen LogP contribution is 2.36. The molecule has 0 saturated carbocycles. The van der Waals surface area contributed by atoms with Gasteiger partial charge in [0, 0.05) is 11.6 Å². The van der Waals surface area contributed by atoms with Crippen molar-refractivity contribution >= 4 is 0 Å². The Morgan fingerprint density at radius 2 is 2.24 bits per heavy atom. The van der Waals surface area contributed by atoms with E-state index >= 15 is 0 Å². The van der Waals surface area contributed by atoms with Crippen LogP contribution in [-0.4, -0.2) is 13.7 Å². The zero-order valence-electron chi connectivity index (χ0n) is 11.1. The van der Waals surface area contributed by atoms with E-state index < -0.39 is 0 Å². The summed E-state index contributed by atoms with van der Waals surface area (Å²) in [5.74, 6) is 1.76. The third kappa shape index (κ3) is 2.47. The summed E-state index contributed by atoms with van der Waals surface area (Å²) in [5, 5.41) is 3.44. The summed E-state index contributed by atoms with van der Waals surface area (Å²) in [6.07, 6.45) is 3.47. The molecule has 1 aliphatic heterocycles. The van der Waals surface area contributed by atoms with Gasteiger partial charge >= 0.3 is 0 Å². The molecule has 0 spiro atoms. The van der Waals surface area contributed by atoms with Gasteiger partial charge in [0.15, 0.2) is 0 Å². The summed E-state index contributed by atoms with van der Waals surface area (Å²) in [4.78, 5) is 0. The predicted octanol–water partition coefficient (Wildman–Crippen LogP) is 3.32. The number of rotatable bonds is 4. The highest BCUT2D eigenvalue weighted by molar-refractivity contribution is 5.44. The van der Waals surface area contributed by atoms with Crippen LogP contribution in [0.15, 0.2) is 18.2 Å². The molecule has 1 aromatic rings. The van der Waals surface area contributed by atoms with Crippen molar-refractivity contribution in [2.24, 2.45) is 5.92 Å². The first-order valence-electron chi connectivity index (χ1n) is 6.69. The molecule has 2 unspecified atom stereocenters. The second-order valence-corrected chi connectivity index (χ2v) is 4.94. The molecule has 17 heavy (non-hydrogen) atoms. The van der Waals surface area contributed by atoms with Gasteiger partial charge in [0.2, 0.25) is 0 Å². The van der Waals surface area contributed by atoms with Crippen LogP contribution in [-0.2, 0) is 6.42 Å². The molecule has 0 aromatic heterocycles. The molecule has 1 heterocycles. The van der Waals surface area contributed by atoms with Crippen LogP contribution in [0.1, 0.15) is 43.9 Å². The van der Waals surface area contributed by atoms with E-state index in [0.717, 1.165) is 25.2 Å². The molecule has 94 valence electrons. The van der Waals surface area contributed by atoms with Crippen molar-refractivity contribution in [3.8, 4) is 5.75 Å². The zero-order valence-corrected chi connectivity index (χ0v) is 11.1. The Kier molecular flexibility index (Phi) is 4.06. The molecular formula is C15H23NO. The minimum atomic E-state index is 0.396. The SMILES string of the molecule is CCC(C)C(NC)c1cccc2c1OCCC2. The Morgan fingerprint density at radius 3 is 2.94 bits per heavy atom. The summed E-state index contributed by atoms with van der Waals surface area (Å²) < 4.78 is 5.89. The van der Waals surface area contributed by atoms with E-state index in [2.05, 4.69) is 37.4 Å². The third-order valence-corrected chi connectivity index (χ3v) is 3.82. The Morgan fingerprint density at radius 1 is 1.41 bits per heavy atom. The summed E-state index contributed by atoms with van der Waals surface area (Å²) in [7, 11) is 2.04. The molecule has 2 atom stereocenters. The van der Waals surface area contributed by atoms with Crippen molar-refractivity contribution in [2.75, 3.05) is 13.7 Å². The first-order valence-corrected chi connectivity index (χ1v) is 6.69. The van der Waals surface area contributed by atoms with Gasteiger partial charge in [-0.3, -0.25) is 0 Å². The topological polar surface area (TPSA) is 21.3 Å². The largest absolute Gasteiger partial charge is 0.493 e. The fraction of sp³-hybridized carbons (Fsp3) is 0.600. The van der Waals surface area contributed by atoms with Crippen LogP contribution in [0.5, 0.6) is 5.75 Å². The molecule has 0 fully saturated rings. The van der Waals surface area contributed by atoms with Gasteiger partial charge in [0.05, 0.1) is 6.61 Å². The molecule has 2 nitrogen and oxygen atoms in total. The van der Waals surface area contributed by atoms with Crippen LogP contribution < -0.4 is 10.1 Å². The van der Waals surface area contributed by atoms with Crippen LogP contribution in [0.2, 0.25) is 0 Å². The van der Waals surface area contributed by atoms with Crippen LogP contribution in [0.25, 0.3) is 0 Å². The number of para-hydroxylation sites is 1. The van der Waals surface area contributed by atoms with Crippen molar-refractivity contribution in [1.29, 1.82) is 0 Å². The van der Waals surface area contributed by atoms with Crippen molar-refractivity contribution in [3.63, 3.8) is 0 Å². The second-order valence-electron chi connectivity index (χ2n) is 4.94. The Bertz CT molecular complexity index is 375. The maximum Gasteiger partial charge on any atom is 0.127 e. The number of benzene rings is 1. The van der Waals surface area contributed by atoms with Gasteiger partial charge in [-0.25, -0.2) is 0 Å². The molecular weight excluding hydrogens is 210 g/mol. The Balaban J connectivity index is 2.36. The molecule has 1 aliphatic rings. The Labute approximate surface area is 104 Å². The van der Waals surface area contributed by atoms with Gasteiger partial charge < -0.3 is 10.1 Å². The van der Waals surface area contributed by atoms with Gasteiger partial charge in [0.1, 0.15) is 5.75 Å². The van der Waals surface area contributed by atoms with Crippen LogP contribution in [0.4, 0.5) is 0 Å². The summed E-state index contributed by atoms with van der Waals surface area (Å²) in [5.41, 5.74) is 2.70. The van der Waals surface area contributed by atoms with Gasteiger partial charge in [-0.1, -0.05) is 38.5 Å². The van der Waals surface area contributed by atoms with E-state index in [1.165, 1.54) is 17.5 Å². The summed E-state index contributed by atoms with van der Waals surface area (Å²) in [6, 6.07) is 6.96. The number of fused-ring (bicyclic) bond motifs is 1. The minimum Gasteiger partial charge on any atom is -0.493 e. The summed E-state index contributed by atoms with van der Waals surface area (Å²) in [6.45, 7) is 5.40. The highest BCUT2D eigenvalue weighted by atomic mass is 16.5. The minimum absolute atomic E-state index is 0.396. The van der Waals surface area contributed by atoms with Crippen molar-refractivity contribution in [2.45, 2.75) is 39.2 Å². The average molecular weight is 233 g/mol. The smallest absolute Gasteiger partial charge is 0.127 e. The lowest BCUT2D eigenvalue weighted by molar-refractivity contribution is 0.276. The molecule has 2 rings (SSSR count). The molecule has 1 aromatic carbocycles. The van der Waals surface area contributed by atoms with Gasteiger partial charge in [0.25, 0.3) is 0 Å². The lowest BCUT2D eigenvalue weighted by atomic mass is 9.89. The van der Waals surface area contributed by atoms with E-state index in [1.54, 1.807) is 0 Å². The highest BCUT2D eigenvalue weighted by Gasteiger charge is 2.23. The number of ether oxygens (including phenoxy) is 1. The molecule has 0 aliphatic carbocycles. The molecule has 0 radical (unpaired) electrons. The molecule has 0 saturated heterocycles. The fourth-order valence-corrected chi connectivity index (χ4v) is 2.64. The maximum atomic E-state index is 5.89. The monoisotopic (exact) mass is 233 g/mol. The van der Waals surface area contributed by atoms with Gasteiger partial charge in [-0.15, -0.1) is 0 Å². The molecule has 1 N–H and O–H groups in total. The quantitative estimate of drug-likeness (QED) is 0.861. The van der Waals surface area contributed by atoms with E-state index in [0.29, 0.717) is 12.0 Å². The van der Waals surface area contributed by atoms with Crippen LogP contribution in [0, 0.1) is 5.92 Å². The van der Waals surface area contributed by atoms with E-state index in [9.17, 15) is 0 Å². The molecule has 0 bridgehead atoms. The lowest BCUT2D eigenvalue weighted by Crippen LogP contribution is -2.25. The number of hydrogen-bond donors (Lipinski definition) is 1. The van der Waals surface area contributed by atoms with Crippen LogP contribution >= 0.6 is 0 Å². The van der Waals surface area contributed by atoms with E-state index in [-0.39, 0.29) is 0 Å². The number of hydrogen-bond acceptors (Lipinski definition) is 2. The molecule has 0 amide bonds. The van der Waals surface area contributed by atoms with E-state index in [4.69, 9.17) is 4.74 Å². The molecule has 2 heteroatoms. The standard InChI is InChI=1S/C15H23NO/c1-4-11(2)14(16-3)13-9-5-7-12-8-6-10-17-15(12)13/h5,7,9,11,14,16H,4,6,8,10H2,1-3H3. The first kappa shape index (κ1) is 12.4. The Hall–Kier alpha value is -1.02. The average Bonchev–Trinajstić information content (AvgIpc) is 2.39. The normalized spacial score (nSPS) is 18.1. The fourth-order valence-electron chi connectivity index (χ4n) is 2.64. The van der Waals surface area contributed by atoms with Crippen molar-refractivity contribution in [1.82, 2.24) is 5.32 Å². The zero-order chi connectivity index (χ0) is 12.3. The van der Waals surface area contributed by atoms with E-state index in [1.807, 2.05) is 7.05 Å². The van der Waals surface area contributed by atoms with Crippen LogP contribution in [0.3, 0.4) is 0 Å².